The summed E-state index contributed by atoms with van der Waals surface area (Å²) in [6.07, 6.45) is 2.21. The van der Waals surface area contributed by atoms with Crippen molar-refractivity contribution in [2.45, 2.75) is 44.5 Å². The van der Waals surface area contributed by atoms with Gasteiger partial charge in [0.2, 0.25) is 0 Å². The Morgan fingerprint density at radius 2 is 2.03 bits per heavy atom. The average molecular weight is 517 g/mol. The van der Waals surface area contributed by atoms with Gasteiger partial charge in [0, 0.05) is 23.7 Å². The summed E-state index contributed by atoms with van der Waals surface area (Å²) in [6, 6.07) is 8.97. The van der Waals surface area contributed by atoms with Crippen LogP contribution in [0.25, 0.3) is 16.9 Å². The van der Waals surface area contributed by atoms with Crippen LogP contribution in [-0.2, 0) is 0 Å². The predicted molar refractivity (Wildman–Crippen MR) is 136 cm³/mol. The summed E-state index contributed by atoms with van der Waals surface area (Å²) < 4.78 is 35.7. The normalized spacial score (nSPS) is 17.8. The monoisotopic (exact) mass is 516 g/mol. The molecule has 1 amide bonds. The third kappa shape index (κ3) is 5.76. The first-order chi connectivity index (χ1) is 17.0. The molecule has 192 valence electrons. The first kappa shape index (κ1) is 25.8. The van der Waals surface area contributed by atoms with Gasteiger partial charge in [0.25, 0.3) is 5.91 Å². The van der Waals surface area contributed by atoms with Gasteiger partial charge in [0.1, 0.15) is 12.2 Å². The number of alkyl halides is 1. The van der Waals surface area contributed by atoms with Gasteiger partial charge in [0.15, 0.2) is 0 Å². The first-order valence-corrected chi connectivity index (χ1v) is 13.4. The number of aromatic nitrogens is 3. The maximum absolute atomic E-state index is 14.2. The fourth-order valence-electron chi connectivity index (χ4n) is 3.95. The minimum atomic E-state index is -2.57. The number of anilines is 1. The van der Waals surface area contributed by atoms with Gasteiger partial charge in [-0.25, -0.2) is 8.91 Å². The minimum absolute atomic E-state index is 0.0996. The van der Waals surface area contributed by atoms with E-state index >= 15 is 0 Å². The van der Waals surface area contributed by atoms with Crippen molar-refractivity contribution in [2.24, 2.45) is 0 Å². The van der Waals surface area contributed by atoms with Crippen LogP contribution in [0, 0.1) is 11.3 Å². The minimum Gasteiger partial charge on any atom is -0.387 e. The summed E-state index contributed by atoms with van der Waals surface area (Å²) in [7, 11) is -2.57. The Balaban J connectivity index is 1.65. The Morgan fingerprint density at radius 3 is 2.69 bits per heavy atom. The molecule has 0 saturated carbocycles. The molecule has 12 heteroatoms. The van der Waals surface area contributed by atoms with E-state index in [2.05, 4.69) is 26.8 Å². The predicted octanol–water partition coefficient (Wildman–Crippen LogP) is 3.43. The zero-order valence-electron chi connectivity index (χ0n) is 20.0. The van der Waals surface area contributed by atoms with Gasteiger partial charge in [-0.1, -0.05) is 0 Å². The molecule has 1 unspecified atom stereocenters. The average Bonchev–Trinajstić information content (AvgIpc) is 3.26. The van der Waals surface area contributed by atoms with Crippen LogP contribution in [0.15, 0.2) is 36.7 Å². The second kappa shape index (κ2) is 10.0. The maximum Gasteiger partial charge on any atom is 0.255 e. The van der Waals surface area contributed by atoms with Crippen LogP contribution >= 0.6 is 10.6 Å². The first-order valence-electron chi connectivity index (χ1n) is 11.5. The lowest BCUT2D eigenvalue weighted by atomic mass is 10.0. The maximum atomic E-state index is 14.2. The van der Waals surface area contributed by atoms with Crippen LogP contribution in [0.5, 0.6) is 0 Å². The van der Waals surface area contributed by atoms with Gasteiger partial charge in [-0.15, -0.1) is 0 Å². The van der Waals surface area contributed by atoms with Crippen LogP contribution in [0.2, 0.25) is 0 Å². The number of hydrogen-bond acceptors (Lipinski definition) is 8. The Morgan fingerprint density at radius 1 is 1.31 bits per heavy atom. The van der Waals surface area contributed by atoms with Crippen molar-refractivity contribution in [3.8, 4) is 17.5 Å². The molecule has 1 fully saturated rings. The number of pyridine rings is 1. The van der Waals surface area contributed by atoms with E-state index in [0.29, 0.717) is 41.0 Å². The summed E-state index contributed by atoms with van der Waals surface area (Å²) in [5, 5.41) is 29.1. The van der Waals surface area contributed by atoms with Crippen molar-refractivity contribution in [3.63, 3.8) is 0 Å². The molecule has 4 heterocycles. The van der Waals surface area contributed by atoms with E-state index in [4.69, 9.17) is 5.26 Å². The van der Waals surface area contributed by atoms with Crippen molar-refractivity contribution in [2.75, 3.05) is 23.4 Å². The zero-order chi connectivity index (χ0) is 26.1. The molecule has 4 rings (SSSR count). The van der Waals surface area contributed by atoms with Crippen LogP contribution in [0.1, 0.15) is 42.6 Å². The topological polar surface area (TPSA) is 156 Å². The molecule has 0 radical (unpaired) electrons. The van der Waals surface area contributed by atoms with E-state index in [-0.39, 0.29) is 29.7 Å². The molecule has 5 N–H and O–H groups in total. The fourth-order valence-corrected chi connectivity index (χ4v) is 5.48. The quantitative estimate of drug-likeness (QED) is 0.320. The highest BCUT2D eigenvalue weighted by Crippen LogP contribution is 2.44. The van der Waals surface area contributed by atoms with Gasteiger partial charge >= 0.3 is 0 Å². The number of halogens is 1. The molecule has 0 spiro atoms. The van der Waals surface area contributed by atoms with E-state index in [1.165, 1.54) is 26.2 Å². The standard InChI is InChI=1S/C24H29FN6O4S/c1-24(2,33)22(25)14-28-23(32)18-13-27-20(10-19(18)30-16-5-7-36(34,35)8-6-16)21-4-3-17-9-15(11-26)12-29-31(17)21/h3-4,9-10,12-13,16,22,33-35H,5-8,14H2,1-2H3,(H,27,30)(H,28,32). The number of hydrogen-bond donors (Lipinski definition) is 5. The lowest BCUT2D eigenvalue weighted by Gasteiger charge is -2.39. The number of amides is 1. The molecular weight excluding hydrogens is 487 g/mol. The lowest BCUT2D eigenvalue weighted by Crippen LogP contribution is -2.42. The van der Waals surface area contributed by atoms with Crippen molar-refractivity contribution in [1.82, 2.24) is 19.9 Å². The molecule has 1 aliphatic rings. The molecule has 0 bridgehead atoms. The third-order valence-corrected chi connectivity index (χ3v) is 7.97. The highest BCUT2D eigenvalue weighted by molar-refractivity contribution is 8.24. The van der Waals surface area contributed by atoms with E-state index in [0.717, 1.165) is 0 Å². The Hall–Kier alpha value is -3.24. The summed E-state index contributed by atoms with van der Waals surface area (Å²) in [4.78, 5) is 17.4. The largest absolute Gasteiger partial charge is 0.387 e. The van der Waals surface area contributed by atoms with Crippen LogP contribution in [-0.4, -0.2) is 70.6 Å². The summed E-state index contributed by atoms with van der Waals surface area (Å²) in [6.45, 7) is 2.29. The van der Waals surface area contributed by atoms with Gasteiger partial charge in [0.05, 0.1) is 52.1 Å². The molecule has 0 aromatic carbocycles. The lowest BCUT2D eigenvalue weighted by molar-refractivity contribution is -0.00177. The number of nitrogens with zero attached hydrogens (tertiary/aromatic N) is 4. The Bertz CT molecular complexity index is 1310. The molecule has 0 aliphatic carbocycles. The van der Waals surface area contributed by atoms with Gasteiger partial charge in [-0.2, -0.15) is 21.0 Å². The molecular formula is C24H29FN6O4S. The highest BCUT2D eigenvalue weighted by Gasteiger charge is 2.28. The van der Waals surface area contributed by atoms with E-state index in [1.807, 2.05) is 12.1 Å². The number of nitrogens with one attached hydrogen (secondary N) is 2. The van der Waals surface area contributed by atoms with Gasteiger partial charge < -0.3 is 15.7 Å². The Labute approximate surface area is 209 Å². The number of carbonyl (C=O) groups is 1. The number of nitriles is 1. The molecule has 3 aromatic heterocycles. The molecule has 1 aliphatic heterocycles. The number of rotatable bonds is 7. The SMILES string of the molecule is CC(C)(O)C(F)CNC(=O)c1cnc(-c2ccc3cc(C#N)cnn23)cc1NC1CCS(O)(O)CC1. The van der Waals surface area contributed by atoms with Crippen LogP contribution in [0.4, 0.5) is 10.1 Å². The van der Waals surface area contributed by atoms with Crippen LogP contribution < -0.4 is 10.6 Å². The van der Waals surface area contributed by atoms with Crippen molar-refractivity contribution in [3.05, 3.63) is 47.8 Å². The fraction of sp³-hybridized carbons (Fsp3) is 0.417. The van der Waals surface area contributed by atoms with E-state index < -0.39 is 28.3 Å². The zero-order valence-corrected chi connectivity index (χ0v) is 20.8. The van der Waals surface area contributed by atoms with Gasteiger partial charge in [-0.3, -0.25) is 18.9 Å². The van der Waals surface area contributed by atoms with E-state index in [9.17, 15) is 23.4 Å². The second-order valence-electron chi connectivity index (χ2n) is 9.49. The molecule has 10 nitrogen and oxygen atoms in total. The van der Waals surface area contributed by atoms with E-state index in [1.54, 1.807) is 16.6 Å². The third-order valence-electron chi connectivity index (χ3n) is 6.19. The van der Waals surface area contributed by atoms with Gasteiger partial charge in [-0.05, 0) is 51.0 Å². The Kier molecular flexibility index (Phi) is 7.19. The molecule has 1 saturated heterocycles. The second-order valence-corrected chi connectivity index (χ2v) is 11.9. The number of aliphatic hydroxyl groups is 1. The number of carbonyl (C=O) groups excluding carboxylic acids is 1. The van der Waals surface area contributed by atoms with Crippen molar-refractivity contribution < 1.29 is 23.4 Å². The summed E-state index contributed by atoms with van der Waals surface area (Å²) in [5.41, 5.74) is 1.36. The van der Waals surface area contributed by atoms with Crippen LogP contribution in [0.3, 0.4) is 0 Å². The smallest absolute Gasteiger partial charge is 0.255 e. The molecule has 36 heavy (non-hydrogen) atoms. The molecule has 3 aromatic rings. The van der Waals surface area contributed by atoms with Crippen molar-refractivity contribution >= 4 is 27.7 Å². The highest BCUT2D eigenvalue weighted by atomic mass is 32.3. The summed E-state index contributed by atoms with van der Waals surface area (Å²) in [5.74, 6) is -0.0121. The molecule has 1 atom stereocenters. The number of fused-ring (bicyclic) bond motifs is 1. The van der Waals surface area contributed by atoms with Crippen molar-refractivity contribution in [1.29, 1.82) is 5.26 Å². The summed E-state index contributed by atoms with van der Waals surface area (Å²) >= 11 is 0.